The normalized spacial score (nSPS) is 30.7. The summed E-state index contributed by atoms with van der Waals surface area (Å²) in [5.41, 5.74) is 0. The van der Waals surface area contributed by atoms with E-state index in [-0.39, 0.29) is 0 Å². The molecule has 1 aliphatic heterocycles. The monoisotopic (exact) mass is 124 g/mol. The number of hydrogen-bond acceptors (Lipinski definition) is 1. The van der Waals surface area contributed by atoms with E-state index >= 15 is 0 Å². The number of rotatable bonds is 1. The van der Waals surface area contributed by atoms with Gasteiger partial charge in [0, 0.05) is 6.04 Å². The van der Waals surface area contributed by atoms with Gasteiger partial charge in [-0.25, -0.2) is 0 Å². The fraction of sp³-hybridized carbons (Fsp3) is 0.875. The molecule has 0 amide bonds. The molecular formula is C8H14N. The zero-order chi connectivity index (χ0) is 6.10. The maximum atomic E-state index is 2.61. The summed E-state index contributed by atoms with van der Waals surface area (Å²) in [6, 6.07) is 0.894. The van der Waals surface area contributed by atoms with Gasteiger partial charge in [-0.1, -0.05) is 6.42 Å². The van der Waals surface area contributed by atoms with Crippen molar-refractivity contribution < 1.29 is 0 Å². The Labute approximate surface area is 57.0 Å². The first kappa shape index (κ1) is 5.72. The van der Waals surface area contributed by atoms with E-state index in [4.69, 9.17) is 0 Å². The molecular weight excluding hydrogens is 110 g/mol. The van der Waals surface area contributed by atoms with Crippen LogP contribution in [0.15, 0.2) is 0 Å². The summed E-state index contributed by atoms with van der Waals surface area (Å²) in [7, 11) is 0. The molecule has 0 aromatic carbocycles. The molecule has 0 aromatic heterocycles. The van der Waals surface area contributed by atoms with Gasteiger partial charge in [-0.15, -0.1) is 0 Å². The molecule has 0 spiro atoms. The zero-order valence-electron chi connectivity index (χ0n) is 5.84. The van der Waals surface area contributed by atoms with Gasteiger partial charge in [0.05, 0.1) is 0 Å². The van der Waals surface area contributed by atoms with E-state index in [9.17, 15) is 0 Å². The van der Waals surface area contributed by atoms with E-state index < -0.39 is 0 Å². The predicted molar refractivity (Wildman–Crippen MR) is 38.1 cm³/mol. The lowest BCUT2D eigenvalue weighted by Gasteiger charge is -2.25. The predicted octanol–water partition coefficient (Wildman–Crippen LogP) is 1.45. The third kappa shape index (κ3) is 1.26. The Morgan fingerprint density at radius 2 is 1.78 bits per heavy atom. The third-order valence-corrected chi connectivity index (χ3v) is 2.31. The quantitative estimate of drug-likeness (QED) is 0.511. The number of hydrogen-bond donors (Lipinski definition) is 0. The van der Waals surface area contributed by atoms with Crippen molar-refractivity contribution in [2.45, 2.75) is 31.7 Å². The molecule has 1 unspecified atom stereocenters. The maximum Gasteiger partial charge on any atom is 0.0131 e. The molecule has 1 radical (unpaired) electrons. The molecule has 1 saturated heterocycles. The molecule has 1 atom stereocenters. The topological polar surface area (TPSA) is 3.24 Å². The van der Waals surface area contributed by atoms with Gasteiger partial charge in [-0.05, 0) is 38.8 Å². The molecule has 1 saturated carbocycles. The van der Waals surface area contributed by atoms with Gasteiger partial charge in [0.1, 0.15) is 0 Å². The maximum absolute atomic E-state index is 2.61. The van der Waals surface area contributed by atoms with E-state index in [1.54, 1.807) is 0 Å². The summed E-state index contributed by atoms with van der Waals surface area (Å²) in [4.78, 5) is 2.61. The van der Waals surface area contributed by atoms with Gasteiger partial charge < -0.3 is 4.90 Å². The summed E-state index contributed by atoms with van der Waals surface area (Å²) < 4.78 is 0. The van der Waals surface area contributed by atoms with Crippen molar-refractivity contribution in [1.29, 1.82) is 0 Å². The van der Waals surface area contributed by atoms with Crippen LogP contribution in [0, 0.1) is 6.42 Å². The van der Waals surface area contributed by atoms with Crippen molar-refractivity contribution in [2.75, 3.05) is 13.1 Å². The highest BCUT2D eigenvalue weighted by atomic mass is 15.2. The van der Waals surface area contributed by atoms with Crippen molar-refractivity contribution in [1.82, 2.24) is 4.90 Å². The van der Waals surface area contributed by atoms with E-state index in [2.05, 4.69) is 11.3 Å². The molecule has 0 aromatic rings. The van der Waals surface area contributed by atoms with Crippen LogP contribution in [0.25, 0.3) is 0 Å². The minimum Gasteiger partial charge on any atom is -0.300 e. The fourth-order valence-corrected chi connectivity index (χ4v) is 1.61. The molecule has 0 N–H and O–H groups in total. The molecule has 1 aliphatic carbocycles. The summed E-state index contributed by atoms with van der Waals surface area (Å²) in [6.45, 7) is 2.72. The second kappa shape index (κ2) is 2.30. The molecule has 1 heterocycles. The minimum absolute atomic E-state index is 0.894. The Hall–Kier alpha value is -0.0400. The summed E-state index contributed by atoms with van der Waals surface area (Å²) in [5.74, 6) is 0. The van der Waals surface area contributed by atoms with Crippen LogP contribution < -0.4 is 0 Å². The van der Waals surface area contributed by atoms with E-state index in [0.29, 0.717) is 0 Å². The first-order valence-corrected chi connectivity index (χ1v) is 4.04. The van der Waals surface area contributed by atoms with Gasteiger partial charge in [0.2, 0.25) is 0 Å². The van der Waals surface area contributed by atoms with Crippen LogP contribution in [0.2, 0.25) is 0 Å². The lowest BCUT2D eigenvalue weighted by Crippen LogP contribution is -2.31. The fourth-order valence-electron chi connectivity index (χ4n) is 1.61. The van der Waals surface area contributed by atoms with Gasteiger partial charge in [-0.3, -0.25) is 0 Å². The third-order valence-electron chi connectivity index (χ3n) is 2.31. The van der Waals surface area contributed by atoms with Crippen molar-refractivity contribution in [3.8, 4) is 0 Å². The standard InChI is InChI=1S/C8H14N/c1-2-6-9(7-3-1)8-4-5-8/h4,8H,1-3,5-7H2. The average molecular weight is 124 g/mol. The van der Waals surface area contributed by atoms with Crippen molar-refractivity contribution >= 4 is 0 Å². The molecule has 1 heteroatoms. The van der Waals surface area contributed by atoms with Gasteiger partial charge >= 0.3 is 0 Å². The first-order chi connectivity index (χ1) is 4.47. The molecule has 9 heavy (non-hydrogen) atoms. The first-order valence-electron chi connectivity index (χ1n) is 4.04. The SMILES string of the molecule is [CH]1CC1N1CCCCC1. The van der Waals surface area contributed by atoms with Crippen LogP contribution in [0.1, 0.15) is 25.7 Å². The molecule has 2 aliphatic rings. The van der Waals surface area contributed by atoms with Crippen LogP contribution in [0.5, 0.6) is 0 Å². The van der Waals surface area contributed by atoms with Crippen molar-refractivity contribution in [2.24, 2.45) is 0 Å². The van der Waals surface area contributed by atoms with Crippen LogP contribution in [0.4, 0.5) is 0 Å². The number of piperidine rings is 1. The lowest BCUT2D eigenvalue weighted by molar-refractivity contribution is 0.225. The minimum atomic E-state index is 0.894. The van der Waals surface area contributed by atoms with Crippen molar-refractivity contribution in [3.05, 3.63) is 6.42 Å². The highest BCUT2D eigenvalue weighted by Crippen LogP contribution is 2.27. The molecule has 0 bridgehead atoms. The Bertz CT molecular complexity index is 90.7. The van der Waals surface area contributed by atoms with Crippen LogP contribution in [0.3, 0.4) is 0 Å². The summed E-state index contributed by atoms with van der Waals surface area (Å²) >= 11 is 0. The van der Waals surface area contributed by atoms with E-state index in [1.807, 2.05) is 0 Å². The zero-order valence-corrected chi connectivity index (χ0v) is 5.84. The molecule has 2 fully saturated rings. The van der Waals surface area contributed by atoms with Gasteiger partial charge in [-0.2, -0.15) is 0 Å². The Morgan fingerprint density at radius 1 is 1.11 bits per heavy atom. The summed E-state index contributed by atoms with van der Waals surface area (Å²) in [5, 5.41) is 0. The van der Waals surface area contributed by atoms with Gasteiger partial charge in [0.15, 0.2) is 0 Å². The largest absolute Gasteiger partial charge is 0.300 e. The highest BCUT2D eigenvalue weighted by Gasteiger charge is 2.29. The Balaban J connectivity index is 1.80. The smallest absolute Gasteiger partial charge is 0.0131 e. The number of likely N-dealkylation sites (tertiary alicyclic amines) is 1. The molecule has 2 rings (SSSR count). The Morgan fingerprint density at radius 3 is 2.33 bits per heavy atom. The molecule has 1 nitrogen and oxygen atoms in total. The van der Waals surface area contributed by atoms with Crippen LogP contribution in [-0.2, 0) is 0 Å². The van der Waals surface area contributed by atoms with E-state index in [0.717, 1.165) is 6.04 Å². The second-order valence-corrected chi connectivity index (χ2v) is 3.14. The van der Waals surface area contributed by atoms with Gasteiger partial charge in [0.25, 0.3) is 0 Å². The lowest BCUT2D eigenvalue weighted by atomic mass is 10.1. The second-order valence-electron chi connectivity index (χ2n) is 3.14. The highest BCUT2D eigenvalue weighted by molar-refractivity contribution is 5.03. The van der Waals surface area contributed by atoms with Crippen LogP contribution >= 0.6 is 0 Å². The average Bonchev–Trinajstić information content (AvgIpc) is 2.71. The Kier molecular flexibility index (Phi) is 1.46. The van der Waals surface area contributed by atoms with Crippen molar-refractivity contribution in [3.63, 3.8) is 0 Å². The van der Waals surface area contributed by atoms with Crippen LogP contribution in [-0.4, -0.2) is 24.0 Å². The number of nitrogens with zero attached hydrogens (tertiary/aromatic N) is 1. The van der Waals surface area contributed by atoms with E-state index in [1.165, 1.54) is 38.8 Å². The molecule has 51 valence electrons. The summed E-state index contributed by atoms with van der Waals surface area (Å²) in [6.07, 6.45) is 8.10.